The van der Waals surface area contributed by atoms with Gasteiger partial charge in [-0.05, 0) is 44.4 Å². The molecule has 3 nitrogen and oxygen atoms in total. The van der Waals surface area contributed by atoms with Crippen LogP contribution >= 0.6 is 0 Å². The lowest BCUT2D eigenvalue weighted by Gasteiger charge is -2.14. The highest BCUT2D eigenvalue weighted by atomic mass is 16.3. The Bertz CT molecular complexity index is 641. The number of aliphatic hydroxyl groups is 1. The van der Waals surface area contributed by atoms with Crippen molar-refractivity contribution < 1.29 is 5.11 Å². The quantitative estimate of drug-likeness (QED) is 0.901. The van der Waals surface area contributed by atoms with Crippen molar-refractivity contribution in [2.45, 2.75) is 33.7 Å². The van der Waals surface area contributed by atoms with Crippen molar-refractivity contribution in [3.8, 4) is 0 Å². The van der Waals surface area contributed by atoms with E-state index in [-0.39, 0.29) is 12.2 Å². The summed E-state index contributed by atoms with van der Waals surface area (Å²) >= 11 is 0. The summed E-state index contributed by atoms with van der Waals surface area (Å²) in [5, 5.41) is 10.1. The van der Waals surface area contributed by atoms with Crippen LogP contribution in [0.3, 0.4) is 0 Å². The molecule has 0 unspecified atom stereocenters. The van der Waals surface area contributed by atoms with Gasteiger partial charge in [-0.25, -0.2) is 0 Å². The second kappa shape index (κ2) is 4.94. The third-order valence-electron chi connectivity index (χ3n) is 3.29. The Morgan fingerprint density at radius 3 is 2.50 bits per heavy atom. The van der Waals surface area contributed by atoms with Crippen LogP contribution in [0.1, 0.15) is 23.1 Å². The molecular weight excluding hydrogens is 226 g/mol. The third-order valence-corrected chi connectivity index (χ3v) is 3.29. The van der Waals surface area contributed by atoms with Gasteiger partial charge in [0.1, 0.15) is 0 Å². The molecule has 0 saturated carbocycles. The largest absolute Gasteiger partial charge is 0.396 e. The summed E-state index contributed by atoms with van der Waals surface area (Å²) in [6.45, 7) is 6.74. The number of rotatable bonds is 3. The Labute approximate surface area is 107 Å². The summed E-state index contributed by atoms with van der Waals surface area (Å²) in [5.41, 5.74) is 4.35. The molecule has 0 spiro atoms. The minimum Gasteiger partial charge on any atom is -0.396 e. The van der Waals surface area contributed by atoms with Crippen molar-refractivity contribution in [1.29, 1.82) is 0 Å². The smallest absolute Gasteiger partial charge is 0.251 e. The van der Waals surface area contributed by atoms with Gasteiger partial charge in [0.15, 0.2) is 0 Å². The normalized spacial score (nSPS) is 11.1. The molecule has 0 radical (unpaired) electrons. The minimum atomic E-state index is 0.0143. The lowest BCUT2D eigenvalue weighted by molar-refractivity contribution is 0.280. The zero-order valence-electron chi connectivity index (χ0n) is 11.2. The molecule has 0 aliphatic carbocycles. The van der Waals surface area contributed by atoms with Crippen LogP contribution in [0.4, 0.5) is 0 Å². The second-order valence-electron chi connectivity index (χ2n) is 4.87. The number of hydrogen-bond acceptors (Lipinski definition) is 2. The maximum atomic E-state index is 12.1. The third kappa shape index (κ3) is 2.18. The molecule has 1 aromatic carbocycles. The zero-order chi connectivity index (χ0) is 13.3. The van der Waals surface area contributed by atoms with Crippen LogP contribution in [-0.2, 0) is 6.54 Å². The van der Waals surface area contributed by atoms with Crippen molar-refractivity contribution >= 4 is 10.9 Å². The number of aromatic nitrogens is 1. The number of hydrogen-bond donors (Lipinski definition) is 1. The van der Waals surface area contributed by atoms with Crippen molar-refractivity contribution in [2.24, 2.45) is 0 Å². The number of nitrogens with zero attached hydrogens (tertiary/aromatic N) is 1. The molecule has 2 aromatic rings. The van der Waals surface area contributed by atoms with Gasteiger partial charge in [0.05, 0.1) is 5.52 Å². The standard InChI is InChI=1S/C15H19NO2/c1-10-7-12(3)15-13(8-10)11(2)9-14(18)16(15)5-4-6-17/h7-9,17H,4-6H2,1-3H3. The first-order valence-corrected chi connectivity index (χ1v) is 6.27. The molecule has 0 bridgehead atoms. The molecule has 1 N–H and O–H groups in total. The monoisotopic (exact) mass is 245 g/mol. The van der Waals surface area contributed by atoms with Crippen molar-refractivity contribution in [3.63, 3.8) is 0 Å². The fourth-order valence-corrected chi connectivity index (χ4v) is 2.52. The Kier molecular flexibility index (Phi) is 3.53. The topological polar surface area (TPSA) is 42.2 Å². The number of fused-ring (bicyclic) bond motifs is 1. The highest BCUT2D eigenvalue weighted by molar-refractivity contribution is 5.86. The lowest BCUT2D eigenvalue weighted by Crippen LogP contribution is -2.21. The predicted molar refractivity (Wildman–Crippen MR) is 74.1 cm³/mol. The predicted octanol–water partition coefficient (Wildman–Crippen LogP) is 2.31. The number of aliphatic hydroxyl groups excluding tert-OH is 1. The first kappa shape index (κ1) is 12.8. The Morgan fingerprint density at radius 2 is 1.83 bits per heavy atom. The molecule has 96 valence electrons. The molecule has 2 rings (SSSR count). The van der Waals surface area contributed by atoms with E-state index < -0.39 is 0 Å². The summed E-state index contributed by atoms with van der Waals surface area (Å²) in [7, 11) is 0. The molecule has 3 heteroatoms. The van der Waals surface area contributed by atoms with Crippen LogP contribution in [-0.4, -0.2) is 16.3 Å². The number of pyridine rings is 1. The highest BCUT2D eigenvalue weighted by Gasteiger charge is 2.09. The van der Waals surface area contributed by atoms with Gasteiger partial charge in [-0.1, -0.05) is 11.6 Å². The van der Waals surface area contributed by atoms with Gasteiger partial charge in [-0.15, -0.1) is 0 Å². The minimum absolute atomic E-state index is 0.0143. The fourth-order valence-electron chi connectivity index (χ4n) is 2.52. The zero-order valence-corrected chi connectivity index (χ0v) is 11.2. The summed E-state index contributed by atoms with van der Waals surface area (Å²) in [6.07, 6.45) is 0.603. The molecule has 0 amide bonds. The van der Waals surface area contributed by atoms with E-state index in [1.165, 1.54) is 5.56 Å². The van der Waals surface area contributed by atoms with Crippen LogP contribution in [0.25, 0.3) is 10.9 Å². The van der Waals surface area contributed by atoms with E-state index >= 15 is 0 Å². The summed E-state index contributed by atoms with van der Waals surface area (Å²) in [6, 6.07) is 5.89. The van der Waals surface area contributed by atoms with Crippen LogP contribution in [0.5, 0.6) is 0 Å². The Hall–Kier alpha value is -1.61. The van der Waals surface area contributed by atoms with Gasteiger partial charge >= 0.3 is 0 Å². The molecular formula is C15H19NO2. The average Bonchev–Trinajstić information content (AvgIpc) is 2.29. The van der Waals surface area contributed by atoms with Crippen molar-refractivity contribution in [3.05, 3.63) is 45.2 Å². The molecule has 0 aliphatic heterocycles. The molecule has 0 aliphatic rings. The Balaban J connectivity index is 2.80. The van der Waals surface area contributed by atoms with Gasteiger partial charge in [0, 0.05) is 24.6 Å². The van der Waals surface area contributed by atoms with Crippen LogP contribution in [0, 0.1) is 20.8 Å². The Morgan fingerprint density at radius 1 is 1.11 bits per heavy atom. The van der Waals surface area contributed by atoms with Gasteiger partial charge < -0.3 is 9.67 Å². The lowest BCUT2D eigenvalue weighted by atomic mass is 10.0. The van der Waals surface area contributed by atoms with E-state index in [0.29, 0.717) is 13.0 Å². The fraction of sp³-hybridized carbons (Fsp3) is 0.400. The van der Waals surface area contributed by atoms with E-state index in [1.807, 2.05) is 13.8 Å². The van der Waals surface area contributed by atoms with Crippen LogP contribution < -0.4 is 5.56 Å². The van der Waals surface area contributed by atoms with Crippen molar-refractivity contribution in [2.75, 3.05) is 6.61 Å². The average molecular weight is 245 g/mol. The first-order chi connectivity index (χ1) is 8.54. The molecule has 0 atom stereocenters. The molecule has 1 aromatic heterocycles. The van der Waals surface area contributed by atoms with Crippen molar-refractivity contribution in [1.82, 2.24) is 4.57 Å². The molecule has 1 heterocycles. The highest BCUT2D eigenvalue weighted by Crippen LogP contribution is 2.22. The summed E-state index contributed by atoms with van der Waals surface area (Å²) < 4.78 is 1.77. The molecule has 0 fully saturated rings. The van der Waals surface area contributed by atoms with E-state index in [0.717, 1.165) is 22.0 Å². The van der Waals surface area contributed by atoms with E-state index in [1.54, 1.807) is 10.6 Å². The maximum absolute atomic E-state index is 12.1. The summed E-state index contributed by atoms with van der Waals surface area (Å²) in [5.74, 6) is 0. The number of aryl methyl sites for hydroxylation is 4. The van der Waals surface area contributed by atoms with Crippen LogP contribution in [0.15, 0.2) is 23.0 Å². The van der Waals surface area contributed by atoms with Gasteiger partial charge in [0.25, 0.3) is 5.56 Å². The number of benzene rings is 1. The summed E-state index contributed by atoms with van der Waals surface area (Å²) in [4.78, 5) is 12.1. The molecule has 18 heavy (non-hydrogen) atoms. The second-order valence-corrected chi connectivity index (χ2v) is 4.87. The maximum Gasteiger partial charge on any atom is 0.251 e. The van der Waals surface area contributed by atoms with E-state index in [2.05, 4.69) is 19.1 Å². The molecule has 0 saturated heterocycles. The SMILES string of the molecule is Cc1cc(C)c2c(c1)c(C)cc(=O)n2CCCO. The van der Waals surface area contributed by atoms with Gasteiger partial charge in [-0.3, -0.25) is 4.79 Å². The van der Waals surface area contributed by atoms with E-state index in [9.17, 15) is 4.79 Å². The van der Waals surface area contributed by atoms with Crippen LogP contribution in [0.2, 0.25) is 0 Å². The van der Waals surface area contributed by atoms with Gasteiger partial charge in [-0.2, -0.15) is 0 Å². The van der Waals surface area contributed by atoms with Gasteiger partial charge in [0.2, 0.25) is 0 Å². The first-order valence-electron chi connectivity index (χ1n) is 6.27. The van der Waals surface area contributed by atoms with E-state index in [4.69, 9.17) is 5.11 Å².